The number of piperidine rings is 1. The second kappa shape index (κ2) is 10.1. The number of ether oxygens (including phenoxy) is 2. The van der Waals surface area contributed by atoms with Gasteiger partial charge in [0.25, 0.3) is 0 Å². The lowest BCUT2D eigenvalue weighted by Gasteiger charge is -2.38. The maximum absolute atomic E-state index is 13.3. The Kier molecular flexibility index (Phi) is 7.14. The van der Waals surface area contributed by atoms with Gasteiger partial charge >= 0.3 is 0 Å². The summed E-state index contributed by atoms with van der Waals surface area (Å²) in [6.45, 7) is 4.29. The predicted octanol–water partition coefficient (Wildman–Crippen LogP) is 3.47. The number of halogens is 2. The van der Waals surface area contributed by atoms with Gasteiger partial charge in [-0.3, -0.25) is 9.69 Å². The van der Waals surface area contributed by atoms with E-state index < -0.39 is 10.0 Å². The van der Waals surface area contributed by atoms with Crippen LogP contribution in [0.25, 0.3) is 0 Å². The molecule has 2 fully saturated rings. The van der Waals surface area contributed by atoms with Crippen LogP contribution in [0.1, 0.15) is 18.4 Å². The molecule has 2 aromatic rings. The molecule has 3 aliphatic heterocycles. The Bertz CT molecular complexity index is 1220. The zero-order chi connectivity index (χ0) is 24.6. The van der Waals surface area contributed by atoms with Crippen molar-refractivity contribution in [2.45, 2.75) is 24.3 Å². The van der Waals surface area contributed by atoms with Crippen molar-refractivity contribution in [3.05, 3.63) is 52.0 Å². The minimum Gasteiger partial charge on any atom is -0.454 e. The molecule has 0 spiro atoms. The van der Waals surface area contributed by atoms with E-state index in [9.17, 15) is 13.2 Å². The van der Waals surface area contributed by atoms with E-state index in [1.165, 1.54) is 16.4 Å². The largest absolute Gasteiger partial charge is 0.454 e. The van der Waals surface area contributed by atoms with Crippen molar-refractivity contribution in [1.82, 2.24) is 14.1 Å². The SMILES string of the molecule is O=C([C@@H]1CCCN(S(=O)(=O)c2cc(Cl)ccc2Cl)C1)N1CCN(Cc2ccc3c(c2)OCO3)CC1. The number of piperazine rings is 1. The highest BCUT2D eigenvalue weighted by atomic mass is 35.5. The summed E-state index contributed by atoms with van der Waals surface area (Å²) in [5.74, 6) is 1.19. The van der Waals surface area contributed by atoms with Gasteiger partial charge in [0.05, 0.1) is 10.9 Å². The van der Waals surface area contributed by atoms with Crippen LogP contribution < -0.4 is 9.47 Å². The average molecular weight is 540 g/mol. The first kappa shape index (κ1) is 24.6. The third kappa shape index (κ3) is 5.24. The van der Waals surface area contributed by atoms with Crippen LogP contribution in [-0.2, 0) is 21.4 Å². The molecule has 0 unspecified atom stereocenters. The lowest BCUT2D eigenvalue weighted by atomic mass is 9.97. The molecule has 8 nitrogen and oxygen atoms in total. The van der Waals surface area contributed by atoms with Gasteiger partial charge < -0.3 is 14.4 Å². The molecule has 0 aliphatic carbocycles. The molecule has 35 heavy (non-hydrogen) atoms. The molecule has 0 N–H and O–H groups in total. The lowest BCUT2D eigenvalue weighted by Crippen LogP contribution is -2.52. The van der Waals surface area contributed by atoms with E-state index in [2.05, 4.69) is 4.90 Å². The number of rotatable bonds is 5. The highest BCUT2D eigenvalue weighted by Crippen LogP contribution is 2.33. The Morgan fingerprint density at radius 1 is 0.971 bits per heavy atom. The third-order valence-corrected chi connectivity index (χ3v) is 9.35. The predicted molar refractivity (Wildman–Crippen MR) is 132 cm³/mol. The van der Waals surface area contributed by atoms with Gasteiger partial charge in [-0.25, -0.2) is 8.42 Å². The van der Waals surface area contributed by atoms with Crippen LogP contribution >= 0.6 is 23.2 Å². The summed E-state index contributed by atoms with van der Waals surface area (Å²) in [7, 11) is -3.84. The van der Waals surface area contributed by atoms with E-state index in [-0.39, 0.29) is 35.1 Å². The summed E-state index contributed by atoms with van der Waals surface area (Å²) in [6.07, 6.45) is 1.30. The van der Waals surface area contributed by atoms with Crippen LogP contribution in [-0.4, -0.2) is 74.5 Å². The first-order valence-corrected chi connectivity index (χ1v) is 13.9. The van der Waals surface area contributed by atoms with Crippen molar-refractivity contribution >= 4 is 39.1 Å². The second-order valence-electron chi connectivity index (χ2n) is 9.07. The van der Waals surface area contributed by atoms with Gasteiger partial charge in [-0.15, -0.1) is 0 Å². The fourth-order valence-electron chi connectivity index (χ4n) is 4.86. The number of hydrogen-bond donors (Lipinski definition) is 0. The summed E-state index contributed by atoms with van der Waals surface area (Å²) in [5.41, 5.74) is 1.14. The molecule has 0 radical (unpaired) electrons. The van der Waals surface area contributed by atoms with Crippen LogP contribution in [0.4, 0.5) is 0 Å². The molecule has 5 rings (SSSR count). The van der Waals surface area contributed by atoms with Crippen LogP contribution in [0.15, 0.2) is 41.3 Å². The highest BCUT2D eigenvalue weighted by molar-refractivity contribution is 7.89. The Morgan fingerprint density at radius 3 is 2.54 bits per heavy atom. The highest BCUT2D eigenvalue weighted by Gasteiger charge is 2.36. The maximum atomic E-state index is 13.3. The van der Waals surface area contributed by atoms with Crippen molar-refractivity contribution < 1.29 is 22.7 Å². The summed E-state index contributed by atoms with van der Waals surface area (Å²) >= 11 is 12.2. The number of nitrogens with zero attached hydrogens (tertiary/aromatic N) is 3. The quantitative estimate of drug-likeness (QED) is 0.578. The van der Waals surface area contributed by atoms with E-state index in [4.69, 9.17) is 32.7 Å². The smallest absolute Gasteiger partial charge is 0.244 e. The molecular weight excluding hydrogens is 513 g/mol. The van der Waals surface area contributed by atoms with Gasteiger partial charge in [0.1, 0.15) is 4.90 Å². The van der Waals surface area contributed by atoms with Crippen LogP contribution in [0.2, 0.25) is 10.0 Å². The van der Waals surface area contributed by atoms with Gasteiger partial charge in [-0.2, -0.15) is 4.31 Å². The minimum absolute atomic E-state index is 0.0168. The van der Waals surface area contributed by atoms with Crippen molar-refractivity contribution in [1.29, 1.82) is 0 Å². The summed E-state index contributed by atoms with van der Waals surface area (Å²) in [4.78, 5) is 17.4. The average Bonchev–Trinajstić information content (AvgIpc) is 3.33. The molecule has 0 aromatic heterocycles. The lowest BCUT2D eigenvalue weighted by molar-refractivity contribution is -0.138. The van der Waals surface area contributed by atoms with E-state index >= 15 is 0 Å². The van der Waals surface area contributed by atoms with Gasteiger partial charge in [0, 0.05) is 50.8 Å². The number of hydrogen-bond acceptors (Lipinski definition) is 6. The number of fused-ring (bicyclic) bond motifs is 1. The monoisotopic (exact) mass is 539 g/mol. The second-order valence-corrected chi connectivity index (χ2v) is 11.8. The summed E-state index contributed by atoms with van der Waals surface area (Å²) < 4.78 is 38.7. The van der Waals surface area contributed by atoms with Gasteiger partial charge in [-0.05, 0) is 48.7 Å². The Labute approximate surface area is 215 Å². The molecule has 1 amide bonds. The molecule has 11 heteroatoms. The zero-order valence-electron chi connectivity index (χ0n) is 19.2. The van der Waals surface area contributed by atoms with Crippen molar-refractivity contribution in [2.75, 3.05) is 46.1 Å². The normalized spacial score (nSPS) is 21.3. The first-order valence-electron chi connectivity index (χ1n) is 11.7. The number of carbonyl (C=O) groups excluding carboxylic acids is 1. The van der Waals surface area contributed by atoms with Gasteiger partial charge in [0.15, 0.2) is 11.5 Å². The number of carbonyl (C=O) groups is 1. The van der Waals surface area contributed by atoms with Gasteiger partial charge in [0.2, 0.25) is 22.7 Å². The van der Waals surface area contributed by atoms with E-state index in [1.54, 1.807) is 6.07 Å². The van der Waals surface area contributed by atoms with Crippen LogP contribution in [0.3, 0.4) is 0 Å². The fourth-order valence-corrected chi connectivity index (χ4v) is 7.12. The zero-order valence-corrected chi connectivity index (χ0v) is 21.5. The standard InChI is InChI=1S/C24H27Cl2N3O5S/c25-19-4-5-20(26)23(13-19)35(31,32)29-7-1-2-18(15-29)24(30)28-10-8-27(9-11-28)14-17-3-6-21-22(12-17)34-16-33-21/h3-6,12-13,18H,1-2,7-11,14-16H2/t18-/m1/s1. The van der Waals surface area contributed by atoms with E-state index in [1.807, 2.05) is 23.1 Å². The molecule has 2 aromatic carbocycles. The van der Waals surface area contributed by atoms with E-state index in [0.717, 1.165) is 36.7 Å². The molecule has 188 valence electrons. The van der Waals surface area contributed by atoms with E-state index in [0.29, 0.717) is 37.5 Å². The fraction of sp³-hybridized carbons (Fsp3) is 0.458. The molecule has 2 saturated heterocycles. The summed E-state index contributed by atoms with van der Waals surface area (Å²) in [5, 5.41) is 0.428. The summed E-state index contributed by atoms with van der Waals surface area (Å²) in [6, 6.07) is 10.4. The molecule has 1 atom stereocenters. The van der Waals surface area contributed by atoms with Gasteiger partial charge in [-0.1, -0.05) is 29.3 Å². The van der Waals surface area contributed by atoms with Crippen molar-refractivity contribution in [3.63, 3.8) is 0 Å². The Hall–Kier alpha value is -2.04. The number of sulfonamides is 1. The Balaban J connectivity index is 1.18. The number of benzene rings is 2. The molecule has 0 bridgehead atoms. The molecule has 3 heterocycles. The molecular formula is C24H27Cl2N3O5S. The van der Waals surface area contributed by atoms with Crippen molar-refractivity contribution in [3.8, 4) is 11.5 Å². The minimum atomic E-state index is -3.84. The third-order valence-electron chi connectivity index (χ3n) is 6.77. The molecule has 0 saturated carbocycles. The van der Waals surface area contributed by atoms with Crippen molar-refractivity contribution in [2.24, 2.45) is 5.92 Å². The molecule has 3 aliphatic rings. The topological polar surface area (TPSA) is 79.4 Å². The first-order chi connectivity index (χ1) is 16.8. The van der Waals surface area contributed by atoms with Crippen LogP contribution in [0.5, 0.6) is 11.5 Å². The van der Waals surface area contributed by atoms with Crippen LogP contribution in [0, 0.1) is 5.92 Å². The maximum Gasteiger partial charge on any atom is 0.244 e. The Morgan fingerprint density at radius 2 is 1.74 bits per heavy atom. The number of amides is 1.